The van der Waals surface area contributed by atoms with E-state index in [1.807, 2.05) is 0 Å². The van der Waals surface area contributed by atoms with Gasteiger partial charge in [-0.15, -0.1) is 0 Å². The Morgan fingerprint density at radius 3 is 2.62 bits per heavy atom. The van der Waals surface area contributed by atoms with Crippen LogP contribution < -0.4 is 15.5 Å². The maximum absolute atomic E-state index is 5.72. The molecule has 0 spiro atoms. The van der Waals surface area contributed by atoms with Crippen LogP contribution in [0.2, 0.25) is 0 Å². The minimum atomic E-state index is 0.183. The van der Waals surface area contributed by atoms with Crippen molar-refractivity contribution in [2.45, 2.75) is 57.5 Å². The van der Waals surface area contributed by atoms with Gasteiger partial charge in [-0.1, -0.05) is 12.8 Å². The fourth-order valence-electron chi connectivity index (χ4n) is 5.03. The molecule has 0 amide bonds. The van der Waals surface area contributed by atoms with Crippen LogP contribution in [0.25, 0.3) is 11.3 Å². The molecule has 0 unspecified atom stereocenters. The first-order chi connectivity index (χ1) is 14.0. The lowest BCUT2D eigenvalue weighted by atomic mass is 9.98. The number of nitrogens with zero attached hydrogens (tertiary/aromatic N) is 6. The molecule has 29 heavy (non-hydrogen) atoms. The van der Waals surface area contributed by atoms with E-state index in [1.54, 1.807) is 12.4 Å². The zero-order valence-electron chi connectivity index (χ0n) is 17.3. The summed E-state index contributed by atoms with van der Waals surface area (Å²) in [6.07, 6.45) is 9.53. The number of rotatable bonds is 3. The Morgan fingerprint density at radius 1 is 1.14 bits per heavy atom. The smallest absolute Gasteiger partial charge is 0.228 e. The second-order valence-electron chi connectivity index (χ2n) is 8.73. The van der Waals surface area contributed by atoms with Crippen molar-refractivity contribution in [3.63, 3.8) is 0 Å². The number of morpholine rings is 1. The first-order valence-corrected chi connectivity index (χ1v) is 10.7. The number of hydrogen-bond acceptors (Lipinski definition) is 8. The zero-order valence-corrected chi connectivity index (χ0v) is 17.3. The normalized spacial score (nSPS) is 23.4. The molecular weight excluding hydrogens is 366 g/mol. The molecule has 1 saturated heterocycles. The number of ether oxygens (including phenoxy) is 1. The average Bonchev–Trinajstić information content (AvgIpc) is 3.35. The maximum Gasteiger partial charge on any atom is 0.228 e. The molecule has 8 heteroatoms. The predicted molar refractivity (Wildman–Crippen MR) is 113 cm³/mol. The number of fused-ring (bicyclic) bond motifs is 1. The second-order valence-corrected chi connectivity index (χ2v) is 8.73. The molecule has 1 aliphatic carbocycles. The fraction of sp³-hybridized carbons (Fsp3) is 0.619. The molecule has 0 radical (unpaired) electrons. The Kier molecular flexibility index (Phi) is 4.53. The third kappa shape index (κ3) is 3.19. The van der Waals surface area contributed by atoms with Crippen LogP contribution in [0.1, 0.15) is 45.1 Å². The van der Waals surface area contributed by atoms with Gasteiger partial charge in [0.2, 0.25) is 11.9 Å². The van der Waals surface area contributed by atoms with Crippen LogP contribution in [0, 0.1) is 0 Å². The Balaban J connectivity index is 1.64. The molecule has 2 aromatic heterocycles. The lowest BCUT2D eigenvalue weighted by molar-refractivity contribution is 0.0981. The summed E-state index contributed by atoms with van der Waals surface area (Å²) in [4.78, 5) is 23.3. The molecule has 1 saturated carbocycles. The van der Waals surface area contributed by atoms with E-state index in [0.29, 0.717) is 13.2 Å². The van der Waals surface area contributed by atoms with Crippen LogP contribution in [0.3, 0.4) is 0 Å². The van der Waals surface area contributed by atoms with E-state index in [9.17, 15) is 0 Å². The Labute approximate surface area is 171 Å². The predicted octanol–water partition coefficient (Wildman–Crippen LogP) is 2.44. The van der Waals surface area contributed by atoms with Gasteiger partial charge in [-0.25, -0.2) is 15.0 Å². The summed E-state index contributed by atoms with van der Waals surface area (Å²) < 4.78 is 5.63. The third-order valence-electron chi connectivity index (χ3n) is 6.72. The molecular formula is C21H29N7O. The highest BCUT2D eigenvalue weighted by Crippen LogP contribution is 2.44. The summed E-state index contributed by atoms with van der Waals surface area (Å²) in [6, 6.07) is 0.245. The van der Waals surface area contributed by atoms with Gasteiger partial charge in [-0.2, -0.15) is 4.98 Å². The average molecular weight is 396 g/mol. The molecule has 3 aliphatic rings. The molecule has 2 N–H and O–H groups in total. The molecule has 5 rings (SSSR count). The topological polar surface area (TPSA) is 93.3 Å². The van der Waals surface area contributed by atoms with E-state index in [2.05, 4.69) is 33.6 Å². The minimum absolute atomic E-state index is 0.183. The highest BCUT2D eigenvalue weighted by molar-refractivity contribution is 5.73. The largest absolute Gasteiger partial charge is 0.377 e. The summed E-state index contributed by atoms with van der Waals surface area (Å²) in [5, 5.41) is 0. The summed E-state index contributed by atoms with van der Waals surface area (Å²) >= 11 is 0. The van der Waals surface area contributed by atoms with Gasteiger partial charge in [-0.05, 0) is 33.1 Å². The monoisotopic (exact) mass is 395 g/mol. The van der Waals surface area contributed by atoms with Gasteiger partial charge >= 0.3 is 0 Å². The van der Waals surface area contributed by atoms with Gasteiger partial charge in [0.25, 0.3) is 0 Å². The van der Waals surface area contributed by atoms with Gasteiger partial charge in [0, 0.05) is 42.1 Å². The third-order valence-corrected chi connectivity index (χ3v) is 6.72. The van der Waals surface area contributed by atoms with Gasteiger partial charge in [-0.3, -0.25) is 0 Å². The van der Waals surface area contributed by atoms with Crippen molar-refractivity contribution in [2.75, 3.05) is 41.8 Å². The maximum atomic E-state index is 5.72. The van der Waals surface area contributed by atoms with E-state index in [0.717, 1.165) is 42.5 Å². The van der Waals surface area contributed by atoms with Crippen molar-refractivity contribution in [2.24, 2.45) is 0 Å². The van der Waals surface area contributed by atoms with E-state index < -0.39 is 0 Å². The minimum Gasteiger partial charge on any atom is -0.377 e. The lowest BCUT2D eigenvalue weighted by Crippen LogP contribution is -2.46. The zero-order chi connectivity index (χ0) is 20.0. The van der Waals surface area contributed by atoms with Crippen LogP contribution in [-0.2, 0) is 11.2 Å². The highest BCUT2D eigenvalue weighted by Gasteiger charge is 2.41. The summed E-state index contributed by atoms with van der Waals surface area (Å²) in [5.41, 5.74) is 8.95. The van der Waals surface area contributed by atoms with Gasteiger partial charge in [0.15, 0.2) is 0 Å². The van der Waals surface area contributed by atoms with Crippen molar-refractivity contribution in [3.8, 4) is 11.3 Å². The number of nitrogen functional groups attached to an aromatic ring is 1. The van der Waals surface area contributed by atoms with Crippen LogP contribution in [0.5, 0.6) is 0 Å². The first kappa shape index (κ1) is 18.5. The van der Waals surface area contributed by atoms with Crippen molar-refractivity contribution in [1.82, 2.24) is 19.9 Å². The molecule has 2 aliphatic heterocycles. The van der Waals surface area contributed by atoms with Crippen molar-refractivity contribution < 1.29 is 4.74 Å². The molecule has 0 aromatic carbocycles. The first-order valence-electron chi connectivity index (χ1n) is 10.7. The van der Waals surface area contributed by atoms with Gasteiger partial charge < -0.3 is 20.3 Å². The number of hydrogen-bond donors (Lipinski definition) is 1. The summed E-state index contributed by atoms with van der Waals surface area (Å²) in [7, 11) is 0. The van der Waals surface area contributed by atoms with E-state index in [4.69, 9.17) is 20.4 Å². The Morgan fingerprint density at radius 2 is 1.90 bits per heavy atom. The van der Waals surface area contributed by atoms with E-state index >= 15 is 0 Å². The number of anilines is 3. The highest BCUT2D eigenvalue weighted by atomic mass is 16.5. The fourth-order valence-corrected chi connectivity index (χ4v) is 5.03. The molecule has 8 nitrogen and oxygen atoms in total. The van der Waals surface area contributed by atoms with Crippen LogP contribution in [0.15, 0.2) is 12.4 Å². The number of nitrogens with two attached hydrogens (primary N) is 1. The molecule has 2 aromatic rings. The molecule has 2 fully saturated rings. The Bertz CT molecular complexity index is 895. The van der Waals surface area contributed by atoms with Crippen LogP contribution >= 0.6 is 0 Å². The standard InChI is InChI=1S/C21H29N7O/c1-14-13-29-10-9-27(14)20-25-17(15-11-23-19(22)24-12-15)16-5-8-28(18(16)26-20)21(2)6-3-4-7-21/h11-12,14H,3-10,13H2,1-2H3,(H2,22,23,24)/t14-/m0/s1. The SMILES string of the molecule is C[C@H]1COCCN1c1nc(-c2cnc(N)nc2)c2c(n1)N(C1(C)CCCC1)CC2. The van der Waals surface area contributed by atoms with E-state index in [1.165, 1.54) is 31.2 Å². The van der Waals surface area contributed by atoms with Crippen molar-refractivity contribution in [3.05, 3.63) is 18.0 Å². The molecule has 154 valence electrons. The van der Waals surface area contributed by atoms with Crippen molar-refractivity contribution >= 4 is 17.7 Å². The van der Waals surface area contributed by atoms with Gasteiger partial charge in [0.1, 0.15) is 5.82 Å². The molecule has 1 atom stereocenters. The van der Waals surface area contributed by atoms with Crippen molar-refractivity contribution in [1.29, 1.82) is 0 Å². The Hall–Kier alpha value is -2.48. The summed E-state index contributed by atoms with van der Waals surface area (Å²) in [6.45, 7) is 7.74. The molecule has 4 heterocycles. The molecule has 0 bridgehead atoms. The number of aromatic nitrogens is 4. The van der Waals surface area contributed by atoms with Crippen LogP contribution in [-0.4, -0.2) is 57.8 Å². The lowest BCUT2D eigenvalue weighted by Gasteiger charge is -2.38. The second kappa shape index (κ2) is 7.09. The van der Waals surface area contributed by atoms with Crippen LogP contribution in [0.4, 0.5) is 17.7 Å². The quantitative estimate of drug-likeness (QED) is 0.847. The van der Waals surface area contributed by atoms with E-state index in [-0.39, 0.29) is 17.5 Å². The van der Waals surface area contributed by atoms with Gasteiger partial charge in [0.05, 0.1) is 24.9 Å². The summed E-state index contributed by atoms with van der Waals surface area (Å²) in [5.74, 6) is 2.14.